The molecule has 0 radical (unpaired) electrons. The van der Waals surface area contributed by atoms with Crippen molar-refractivity contribution in [2.75, 3.05) is 5.32 Å². The molecule has 6 nitrogen and oxygen atoms in total. The van der Waals surface area contributed by atoms with E-state index in [2.05, 4.69) is 42.3 Å². The molecule has 0 fully saturated rings. The zero-order chi connectivity index (χ0) is 22.7. The van der Waals surface area contributed by atoms with Gasteiger partial charge < -0.3 is 14.5 Å². The van der Waals surface area contributed by atoms with Crippen LogP contribution in [0.3, 0.4) is 0 Å². The van der Waals surface area contributed by atoms with Crippen molar-refractivity contribution in [3.05, 3.63) is 98.1 Å². The molecule has 0 aliphatic carbocycles. The summed E-state index contributed by atoms with van der Waals surface area (Å²) in [7, 11) is 0. The lowest BCUT2D eigenvalue weighted by atomic mass is 10.2. The van der Waals surface area contributed by atoms with Crippen molar-refractivity contribution < 1.29 is 13.9 Å². The third kappa shape index (κ3) is 5.14. The SMILES string of the molecule is Cc1nn(Cc2cccc(NC(=O)c3ccc(COc4ccccc4Br)o3)c2)c(C)c1Br. The molecule has 4 aromatic rings. The molecular formula is C24H21Br2N3O3. The van der Waals surface area contributed by atoms with Gasteiger partial charge in [-0.15, -0.1) is 0 Å². The molecule has 0 bridgehead atoms. The van der Waals surface area contributed by atoms with Gasteiger partial charge in [0.1, 0.15) is 18.1 Å². The van der Waals surface area contributed by atoms with Gasteiger partial charge in [0.05, 0.1) is 26.9 Å². The van der Waals surface area contributed by atoms with Gasteiger partial charge >= 0.3 is 0 Å². The summed E-state index contributed by atoms with van der Waals surface area (Å²) in [5.41, 5.74) is 3.73. The minimum Gasteiger partial charge on any atom is -0.484 e. The summed E-state index contributed by atoms with van der Waals surface area (Å²) in [6.07, 6.45) is 0. The summed E-state index contributed by atoms with van der Waals surface area (Å²) in [5.74, 6) is 1.18. The highest BCUT2D eigenvalue weighted by molar-refractivity contribution is 9.10. The predicted octanol–water partition coefficient (Wildman–Crippen LogP) is 6.50. The number of benzene rings is 2. The lowest BCUT2D eigenvalue weighted by Crippen LogP contribution is -2.11. The second-order valence-electron chi connectivity index (χ2n) is 7.28. The summed E-state index contributed by atoms with van der Waals surface area (Å²) < 4.78 is 15.2. The second kappa shape index (κ2) is 9.75. The maximum absolute atomic E-state index is 12.7. The number of aromatic nitrogens is 2. The molecule has 164 valence electrons. The van der Waals surface area contributed by atoms with Crippen LogP contribution in [0.2, 0.25) is 0 Å². The van der Waals surface area contributed by atoms with E-state index < -0.39 is 0 Å². The topological polar surface area (TPSA) is 69.3 Å². The first-order valence-electron chi connectivity index (χ1n) is 9.96. The molecule has 0 unspecified atom stereocenters. The molecule has 0 aliphatic heterocycles. The number of hydrogen-bond acceptors (Lipinski definition) is 4. The van der Waals surface area contributed by atoms with E-state index >= 15 is 0 Å². The number of nitrogens with one attached hydrogen (secondary N) is 1. The third-order valence-electron chi connectivity index (χ3n) is 4.90. The maximum Gasteiger partial charge on any atom is 0.291 e. The highest BCUT2D eigenvalue weighted by Crippen LogP contribution is 2.25. The molecule has 32 heavy (non-hydrogen) atoms. The Balaban J connectivity index is 1.39. The summed E-state index contributed by atoms with van der Waals surface area (Å²) in [5, 5.41) is 7.44. The Kier molecular flexibility index (Phi) is 6.81. The normalized spacial score (nSPS) is 10.9. The highest BCUT2D eigenvalue weighted by Gasteiger charge is 2.13. The zero-order valence-corrected chi connectivity index (χ0v) is 20.7. The number of rotatable bonds is 7. The number of para-hydroxylation sites is 1. The van der Waals surface area contributed by atoms with Gasteiger partial charge in [0, 0.05) is 5.69 Å². The minimum atomic E-state index is -0.317. The number of amides is 1. The Morgan fingerprint density at radius 1 is 1.09 bits per heavy atom. The Morgan fingerprint density at radius 2 is 1.91 bits per heavy atom. The van der Waals surface area contributed by atoms with E-state index in [0.29, 0.717) is 23.7 Å². The van der Waals surface area contributed by atoms with Gasteiger partial charge in [-0.05, 0) is 87.7 Å². The molecule has 0 saturated heterocycles. The number of anilines is 1. The van der Waals surface area contributed by atoms with Gasteiger partial charge in [-0.3, -0.25) is 9.48 Å². The molecule has 2 aromatic heterocycles. The monoisotopic (exact) mass is 557 g/mol. The van der Waals surface area contributed by atoms with E-state index in [4.69, 9.17) is 9.15 Å². The number of hydrogen-bond donors (Lipinski definition) is 1. The first-order valence-corrected chi connectivity index (χ1v) is 11.5. The summed E-state index contributed by atoms with van der Waals surface area (Å²) in [6, 6.07) is 18.6. The lowest BCUT2D eigenvalue weighted by molar-refractivity contribution is 0.0992. The molecule has 0 aliphatic rings. The van der Waals surface area contributed by atoms with Crippen molar-refractivity contribution in [2.45, 2.75) is 27.0 Å². The van der Waals surface area contributed by atoms with Gasteiger partial charge in [-0.1, -0.05) is 24.3 Å². The number of carbonyl (C=O) groups is 1. The van der Waals surface area contributed by atoms with Crippen LogP contribution in [0.15, 0.2) is 74.0 Å². The number of halogens is 2. The minimum absolute atomic E-state index is 0.226. The Bertz CT molecular complexity index is 1260. The summed E-state index contributed by atoms with van der Waals surface area (Å²) in [4.78, 5) is 12.7. The fourth-order valence-electron chi connectivity index (χ4n) is 3.23. The summed E-state index contributed by atoms with van der Waals surface area (Å²) >= 11 is 7.00. The van der Waals surface area contributed by atoms with Crippen LogP contribution in [-0.2, 0) is 13.2 Å². The first-order chi connectivity index (χ1) is 15.4. The predicted molar refractivity (Wildman–Crippen MR) is 130 cm³/mol. The van der Waals surface area contributed by atoms with E-state index in [1.165, 1.54) is 0 Å². The molecule has 4 rings (SSSR count). The lowest BCUT2D eigenvalue weighted by Gasteiger charge is -2.08. The maximum atomic E-state index is 12.7. The molecule has 1 N–H and O–H groups in total. The number of ether oxygens (including phenoxy) is 1. The van der Waals surface area contributed by atoms with Crippen molar-refractivity contribution in [1.82, 2.24) is 9.78 Å². The summed E-state index contributed by atoms with van der Waals surface area (Å²) in [6.45, 7) is 4.82. The van der Waals surface area contributed by atoms with Crippen LogP contribution in [0.1, 0.15) is 33.3 Å². The molecule has 0 atom stereocenters. The van der Waals surface area contributed by atoms with Crippen LogP contribution in [0, 0.1) is 13.8 Å². The quantitative estimate of drug-likeness (QED) is 0.281. The van der Waals surface area contributed by atoms with Crippen molar-refractivity contribution in [2.24, 2.45) is 0 Å². The number of aryl methyl sites for hydroxylation is 1. The number of furan rings is 1. The van der Waals surface area contributed by atoms with Crippen LogP contribution < -0.4 is 10.1 Å². The van der Waals surface area contributed by atoms with Crippen molar-refractivity contribution >= 4 is 43.5 Å². The Morgan fingerprint density at radius 3 is 2.66 bits per heavy atom. The van der Waals surface area contributed by atoms with E-state index in [1.54, 1.807) is 12.1 Å². The van der Waals surface area contributed by atoms with Crippen LogP contribution in [-0.4, -0.2) is 15.7 Å². The fourth-order valence-corrected chi connectivity index (χ4v) is 3.91. The van der Waals surface area contributed by atoms with E-state index in [0.717, 1.165) is 25.9 Å². The zero-order valence-electron chi connectivity index (χ0n) is 17.6. The van der Waals surface area contributed by atoms with Gasteiger partial charge in [0.2, 0.25) is 0 Å². The first kappa shape index (κ1) is 22.4. The molecule has 2 heterocycles. The Hall–Kier alpha value is -2.84. The van der Waals surface area contributed by atoms with Gasteiger partial charge in [-0.25, -0.2) is 0 Å². The smallest absolute Gasteiger partial charge is 0.291 e. The molecule has 2 aromatic carbocycles. The third-order valence-corrected chi connectivity index (χ3v) is 6.71. The van der Waals surface area contributed by atoms with Crippen molar-refractivity contribution in [3.8, 4) is 5.75 Å². The van der Waals surface area contributed by atoms with Crippen LogP contribution in [0.25, 0.3) is 0 Å². The van der Waals surface area contributed by atoms with E-state index in [9.17, 15) is 4.79 Å². The second-order valence-corrected chi connectivity index (χ2v) is 8.93. The average molecular weight is 559 g/mol. The average Bonchev–Trinajstić information content (AvgIpc) is 3.35. The van der Waals surface area contributed by atoms with E-state index in [-0.39, 0.29) is 18.3 Å². The van der Waals surface area contributed by atoms with Crippen LogP contribution >= 0.6 is 31.9 Å². The van der Waals surface area contributed by atoms with Crippen molar-refractivity contribution in [3.63, 3.8) is 0 Å². The van der Waals surface area contributed by atoms with Crippen LogP contribution in [0.5, 0.6) is 5.75 Å². The highest BCUT2D eigenvalue weighted by atomic mass is 79.9. The molecule has 8 heteroatoms. The molecule has 0 spiro atoms. The number of carbonyl (C=O) groups excluding carboxylic acids is 1. The van der Waals surface area contributed by atoms with Crippen LogP contribution in [0.4, 0.5) is 5.69 Å². The molecular weight excluding hydrogens is 538 g/mol. The van der Waals surface area contributed by atoms with Gasteiger partial charge in [0.15, 0.2) is 5.76 Å². The van der Waals surface area contributed by atoms with Crippen molar-refractivity contribution in [1.29, 1.82) is 0 Å². The largest absolute Gasteiger partial charge is 0.484 e. The van der Waals surface area contributed by atoms with E-state index in [1.807, 2.05) is 67.1 Å². The molecule has 0 saturated carbocycles. The molecule has 1 amide bonds. The Labute approximate surface area is 202 Å². The fraction of sp³-hybridized carbons (Fsp3) is 0.167. The van der Waals surface area contributed by atoms with Gasteiger partial charge in [-0.2, -0.15) is 5.10 Å². The van der Waals surface area contributed by atoms with Gasteiger partial charge in [0.25, 0.3) is 5.91 Å². The number of nitrogens with zero attached hydrogens (tertiary/aromatic N) is 2. The standard InChI is InChI=1S/C24H21Br2N3O3/c1-15-23(26)16(2)29(28-15)13-17-6-5-7-18(12-17)27-24(30)22-11-10-19(32-22)14-31-21-9-4-3-8-20(21)25/h3-12H,13-14H2,1-2H3,(H,27,30).